The van der Waals surface area contributed by atoms with Crippen LogP contribution in [0.4, 0.5) is 0 Å². The Hall–Kier alpha value is -0.300. The fraction of sp³-hybridized carbons (Fsp3) is 0.750. The molecular weight excluding hydrogens is 329 g/mol. The van der Waals surface area contributed by atoms with Crippen LogP contribution in [0.25, 0.3) is 0 Å². The smallest absolute Gasteiger partial charge is 0.191 e. The van der Waals surface area contributed by atoms with Crippen LogP contribution in [0.5, 0.6) is 0 Å². The second-order valence-electron chi connectivity index (χ2n) is 3.99. The number of nitrogens with one attached hydrogen (secondary N) is 2. The van der Waals surface area contributed by atoms with Gasteiger partial charge in [0.2, 0.25) is 0 Å². The number of hydrogen-bond acceptors (Lipinski definition) is 2. The van der Waals surface area contributed by atoms with Crippen molar-refractivity contribution in [3.63, 3.8) is 0 Å². The predicted octanol–water partition coefficient (Wildman–Crippen LogP) is 2.02. The highest BCUT2D eigenvalue weighted by Gasteiger charge is 1.96. The molecule has 0 aliphatic heterocycles. The number of aliphatic imine (C=N–C) groups is 1. The fourth-order valence-electron chi connectivity index (χ4n) is 1.09. The number of nitrogens with zero attached hydrogens (tertiary/aromatic N) is 1. The molecule has 0 aliphatic rings. The lowest BCUT2D eigenvalue weighted by Gasteiger charge is -2.10. The second kappa shape index (κ2) is 13.8. The van der Waals surface area contributed by atoms with Crippen LogP contribution in [0, 0.1) is 5.92 Å². The second-order valence-corrected chi connectivity index (χ2v) is 3.99. The third-order valence-corrected chi connectivity index (χ3v) is 1.85. The standard InChI is InChI=1S/C12H25N3O.HI/c1-5-7-14-12(13-4)15-8-6-9-16-10-11(2)3;/h5,11H,1,6-10H2,2-4H3,(H2,13,14,15);1H. The van der Waals surface area contributed by atoms with E-state index in [9.17, 15) is 0 Å². The van der Waals surface area contributed by atoms with Gasteiger partial charge in [-0.1, -0.05) is 19.9 Å². The summed E-state index contributed by atoms with van der Waals surface area (Å²) in [6.07, 6.45) is 2.79. The molecule has 0 aromatic heterocycles. The summed E-state index contributed by atoms with van der Waals surface area (Å²) in [4.78, 5) is 4.08. The van der Waals surface area contributed by atoms with Gasteiger partial charge in [0, 0.05) is 33.4 Å². The molecule has 102 valence electrons. The lowest BCUT2D eigenvalue weighted by molar-refractivity contribution is 0.108. The van der Waals surface area contributed by atoms with E-state index in [2.05, 4.69) is 36.1 Å². The minimum absolute atomic E-state index is 0. The summed E-state index contributed by atoms with van der Waals surface area (Å²) in [6.45, 7) is 11.2. The first kappa shape index (κ1) is 19.0. The van der Waals surface area contributed by atoms with E-state index in [-0.39, 0.29) is 24.0 Å². The molecule has 0 heterocycles. The van der Waals surface area contributed by atoms with Crippen LogP contribution >= 0.6 is 24.0 Å². The van der Waals surface area contributed by atoms with Gasteiger partial charge in [-0.2, -0.15) is 0 Å². The number of hydrogen-bond donors (Lipinski definition) is 2. The van der Waals surface area contributed by atoms with Crippen LogP contribution in [0.15, 0.2) is 17.6 Å². The normalized spacial score (nSPS) is 10.9. The van der Waals surface area contributed by atoms with Crippen molar-refractivity contribution in [1.82, 2.24) is 10.6 Å². The summed E-state index contributed by atoms with van der Waals surface area (Å²) in [5.41, 5.74) is 0. The molecule has 0 amide bonds. The topological polar surface area (TPSA) is 45.7 Å². The maximum absolute atomic E-state index is 5.48. The van der Waals surface area contributed by atoms with E-state index in [1.807, 2.05) is 0 Å². The monoisotopic (exact) mass is 355 g/mol. The van der Waals surface area contributed by atoms with Gasteiger partial charge in [0.25, 0.3) is 0 Å². The number of guanidine groups is 1. The highest BCUT2D eigenvalue weighted by molar-refractivity contribution is 14.0. The Balaban J connectivity index is 0. The number of halogens is 1. The molecule has 0 rings (SSSR count). The Kier molecular flexibility index (Phi) is 15.4. The van der Waals surface area contributed by atoms with Gasteiger partial charge in [0.1, 0.15) is 0 Å². The molecule has 0 aromatic rings. The van der Waals surface area contributed by atoms with Crippen molar-refractivity contribution in [1.29, 1.82) is 0 Å². The van der Waals surface area contributed by atoms with Crippen LogP contribution in [0.1, 0.15) is 20.3 Å². The Bertz CT molecular complexity index is 208. The zero-order valence-electron chi connectivity index (χ0n) is 11.2. The summed E-state index contributed by atoms with van der Waals surface area (Å²) in [5.74, 6) is 1.42. The third-order valence-electron chi connectivity index (χ3n) is 1.85. The summed E-state index contributed by atoms with van der Waals surface area (Å²) in [6, 6.07) is 0. The molecular formula is C12H26IN3O. The minimum Gasteiger partial charge on any atom is -0.381 e. The maximum Gasteiger partial charge on any atom is 0.191 e. The molecule has 0 bridgehead atoms. The van der Waals surface area contributed by atoms with Crippen molar-refractivity contribution in [2.75, 3.05) is 33.4 Å². The van der Waals surface area contributed by atoms with Crippen molar-refractivity contribution in [2.24, 2.45) is 10.9 Å². The first-order valence-corrected chi connectivity index (χ1v) is 5.83. The molecule has 0 aliphatic carbocycles. The molecule has 4 nitrogen and oxygen atoms in total. The molecule has 2 N–H and O–H groups in total. The van der Waals surface area contributed by atoms with Crippen molar-refractivity contribution in [3.8, 4) is 0 Å². The highest BCUT2D eigenvalue weighted by Crippen LogP contribution is 1.92. The lowest BCUT2D eigenvalue weighted by atomic mass is 10.2. The predicted molar refractivity (Wildman–Crippen MR) is 85.3 cm³/mol. The number of rotatable bonds is 8. The van der Waals surface area contributed by atoms with Gasteiger partial charge in [0.05, 0.1) is 0 Å². The summed E-state index contributed by atoms with van der Waals surface area (Å²) in [5, 5.41) is 6.31. The molecule has 5 heteroatoms. The van der Waals surface area contributed by atoms with Crippen LogP contribution in [0.3, 0.4) is 0 Å². The van der Waals surface area contributed by atoms with Gasteiger partial charge < -0.3 is 15.4 Å². The first-order chi connectivity index (χ1) is 7.70. The first-order valence-electron chi connectivity index (χ1n) is 5.83. The SMILES string of the molecule is C=CCNC(=NC)NCCCOCC(C)C.I. The van der Waals surface area contributed by atoms with E-state index in [0.29, 0.717) is 5.92 Å². The molecule has 0 saturated carbocycles. The molecule has 17 heavy (non-hydrogen) atoms. The minimum atomic E-state index is 0. The van der Waals surface area contributed by atoms with Crippen LogP contribution in [-0.4, -0.2) is 39.3 Å². The van der Waals surface area contributed by atoms with E-state index in [4.69, 9.17) is 4.74 Å². The van der Waals surface area contributed by atoms with E-state index < -0.39 is 0 Å². The van der Waals surface area contributed by atoms with E-state index >= 15 is 0 Å². The van der Waals surface area contributed by atoms with Crippen LogP contribution < -0.4 is 10.6 Å². The molecule has 0 spiro atoms. The highest BCUT2D eigenvalue weighted by atomic mass is 127. The Morgan fingerprint density at radius 1 is 1.41 bits per heavy atom. The average molecular weight is 355 g/mol. The fourth-order valence-corrected chi connectivity index (χ4v) is 1.09. The summed E-state index contributed by atoms with van der Waals surface area (Å²) >= 11 is 0. The van der Waals surface area contributed by atoms with Gasteiger partial charge in [-0.15, -0.1) is 30.6 Å². The average Bonchev–Trinajstić information content (AvgIpc) is 2.26. The van der Waals surface area contributed by atoms with Gasteiger partial charge >= 0.3 is 0 Å². The maximum atomic E-state index is 5.48. The van der Waals surface area contributed by atoms with Gasteiger partial charge in [0.15, 0.2) is 5.96 Å². The Morgan fingerprint density at radius 3 is 2.65 bits per heavy atom. The molecule has 0 atom stereocenters. The number of ether oxygens (including phenoxy) is 1. The Labute approximate surface area is 122 Å². The molecule has 0 saturated heterocycles. The zero-order valence-corrected chi connectivity index (χ0v) is 13.5. The quantitative estimate of drug-likeness (QED) is 0.230. The van der Waals surface area contributed by atoms with E-state index in [0.717, 1.165) is 38.7 Å². The van der Waals surface area contributed by atoms with Crippen molar-refractivity contribution in [3.05, 3.63) is 12.7 Å². The lowest BCUT2D eigenvalue weighted by Crippen LogP contribution is -2.38. The van der Waals surface area contributed by atoms with Crippen LogP contribution in [-0.2, 0) is 4.74 Å². The molecule has 0 radical (unpaired) electrons. The summed E-state index contributed by atoms with van der Waals surface area (Å²) < 4.78 is 5.48. The largest absolute Gasteiger partial charge is 0.381 e. The van der Waals surface area contributed by atoms with Gasteiger partial charge in [-0.25, -0.2) is 0 Å². The van der Waals surface area contributed by atoms with Crippen LogP contribution in [0.2, 0.25) is 0 Å². The van der Waals surface area contributed by atoms with Gasteiger partial charge in [-0.3, -0.25) is 4.99 Å². The van der Waals surface area contributed by atoms with E-state index in [1.54, 1.807) is 13.1 Å². The summed E-state index contributed by atoms with van der Waals surface area (Å²) in [7, 11) is 1.76. The molecule has 0 aromatic carbocycles. The zero-order chi connectivity index (χ0) is 12.2. The Morgan fingerprint density at radius 2 is 2.12 bits per heavy atom. The van der Waals surface area contributed by atoms with E-state index in [1.165, 1.54) is 0 Å². The third kappa shape index (κ3) is 13.6. The molecule has 0 fully saturated rings. The van der Waals surface area contributed by atoms with Crippen molar-refractivity contribution < 1.29 is 4.74 Å². The molecule has 0 unspecified atom stereocenters. The van der Waals surface area contributed by atoms with Gasteiger partial charge in [-0.05, 0) is 12.3 Å². The van der Waals surface area contributed by atoms with Crippen molar-refractivity contribution >= 4 is 29.9 Å². The van der Waals surface area contributed by atoms with Crippen molar-refractivity contribution in [2.45, 2.75) is 20.3 Å².